The standard InChI is InChI=1S/C12H26N2O2/c1-12-11-14(8-4-9-16-12)7-3-5-13-6-10-15-2/h12-13H,3-11H2,1-2H3. The van der Waals surface area contributed by atoms with E-state index in [0.717, 1.165) is 32.8 Å². The summed E-state index contributed by atoms with van der Waals surface area (Å²) >= 11 is 0. The summed E-state index contributed by atoms with van der Waals surface area (Å²) in [5.74, 6) is 0. The number of rotatable bonds is 7. The van der Waals surface area contributed by atoms with Crippen LogP contribution in [-0.4, -0.2) is 64.1 Å². The van der Waals surface area contributed by atoms with Crippen LogP contribution in [0.3, 0.4) is 0 Å². The number of methoxy groups -OCH3 is 1. The molecule has 1 N–H and O–H groups in total. The summed E-state index contributed by atoms with van der Waals surface area (Å²) in [4.78, 5) is 2.51. The molecule has 0 saturated carbocycles. The molecule has 0 bridgehead atoms. The predicted octanol–water partition coefficient (Wildman–Crippen LogP) is 0.723. The van der Waals surface area contributed by atoms with Crippen LogP contribution >= 0.6 is 0 Å². The molecule has 16 heavy (non-hydrogen) atoms. The molecule has 1 aliphatic heterocycles. The van der Waals surface area contributed by atoms with Crippen LogP contribution in [0.5, 0.6) is 0 Å². The van der Waals surface area contributed by atoms with Crippen molar-refractivity contribution in [1.82, 2.24) is 10.2 Å². The average Bonchev–Trinajstić information content (AvgIpc) is 2.48. The maximum atomic E-state index is 5.62. The lowest BCUT2D eigenvalue weighted by Gasteiger charge is -2.21. The van der Waals surface area contributed by atoms with Crippen molar-refractivity contribution in [2.45, 2.75) is 25.9 Å². The molecule has 0 aromatic carbocycles. The monoisotopic (exact) mass is 230 g/mol. The Morgan fingerprint density at radius 1 is 1.44 bits per heavy atom. The molecule has 1 aliphatic rings. The van der Waals surface area contributed by atoms with Gasteiger partial charge in [0, 0.05) is 33.4 Å². The first-order valence-electron chi connectivity index (χ1n) is 6.36. The minimum atomic E-state index is 0.393. The van der Waals surface area contributed by atoms with E-state index in [1.54, 1.807) is 7.11 Å². The van der Waals surface area contributed by atoms with Crippen LogP contribution in [0.2, 0.25) is 0 Å². The fourth-order valence-corrected chi connectivity index (χ4v) is 2.01. The molecule has 0 aliphatic carbocycles. The van der Waals surface area contributed by atoms with E-state index in [4.69, 9.17) is 9.47 Å². The largest absolute Gasteiger partial charge is 0.383 e. The van der Waals surface area contributed by atoms with E-state index in [0.29, 0.717) is 6.10 Å². The predicted molar refractivity (Wildman–Crippen MR) is 65.8 cm³/mol. The highest BCUT2D eigenvalue weighted by atomic mass is 16.5. The van der Waals surface area contributed by atoms with E-state index in [2.05, 4.69) is 17.1 Å². The lowest BCUT2D eigenvalue weighted by molar-refractivity contribution is 0.0676. The van der Waals surface area contributed by atoms with Gasteiger partial charge in [0.2, 0.25) is 0 Å². The Kier molecular flexibility index (Phi) is 7.76. The second-order valence-corrected chi connectivity index (χ2v) is 4.43. The van der Waals surface area contributed by atoms with Crippen molar-refractivity contribution in [3.8, 4) is 0 Å². The van der Waals surface area contributed by atoms with Gasteiger partial charge >= 0.3 is 0 Å². The summed E-state index contributed by atoms with van der Waals surface area (Å²) in [7, 11) is 1.74. The fourth-order valence-electron chi connectivity index (χ4n) is 2.01. The Bertz CT molecular complexity index is 167. The van der Waals surface area contributed by atoms with Gasteiger partial charge in [-0.05, 0) is 32.9 Å². The Morgan fingerprint density at radius 2 is 2.31 bits per heavy atom. The van der Waals surface area contributed by atoms with Crippen LogP contribution in [0.25, 0.3) is 0 Å². The van der Waals surface area contributed by atoms with Gasteiger partial charge in [-0.3, -0.25) is 0 Å². The molecule has 1 rings (SSSR count). The van der Waals surface area contributed by atoms with E-state index < -0.39 is 0 Å². The highest BCUT2D eigenvalue weighted by Gasteiger charge is 2.13. The first-order chi connectivity index (χ1) is 7.83. The van der Waals surface area contributed by atoms with Crippen LogP contribution in [0.1, 0.15) is 19.8 Å². The number of nitrogens with zero attached hydrogens (tertiary/aromatic N) is 1. The summed E-state index contributed by atoms with van der Waals surface area (Å²) < 4.78 is 10.6. The molecule has 0 radical (unpaired) electrons. The van der Waals surface area contributed by atoms with Crippen molar-refractivity contribution in [1.29, 1.82) is 0 Å². The highest BCUT2D eigenvalue weighted by Crippen LogP contribution is 2.05. The molecule has 0 amide bonds. The smallest absolute Gasteiger partial charge is 0.0673 e. The molecule has 1 unspecified atom stereocenters. The topological polar surface area (TPSA) is 33.7 Å². The molecule has 1 fully saturated rings. The van der Waals surface area contributed by atoms with Crippen molar-refractivity contribution in [3.63, 3.8) is 0 Å². The summed E-state index contributed by atoms with van der Waals surface area (Å²) in [6.45, 7) is 9.35. The van der Waals surface area contributed by atoms with Gasteiger partial charge in [0.15, 0.2) is 0 Å². The summed E-state index contributed by atoms with van der Waals surface area (Å²) in [5.41, 5.74) is 0. The first-order valence-corrected chi connectivity index (χ1v) is 6.36. The zero-order chi connectivity index (χ0) is 11.6. The zero-order valence-corrected chi connectivity index (χ0v) is 10.7. The molecule has 4 heteroatoms. The highest BCUT2D eigenvalue weighted by molar-refractivity contribution is 4.67. The maximum absolute atomic E-state index is 5.62. The molecule has 96 valence electrons. The van der Waals surface area contributed by atoms with Crippen molar-refractivity contribution in [2.75, 3.05) is 53.0 Å². The molecule has 0 spiro atoms. The second kappa shape index (κ2) is 8.93. The molecule has 1 saturated heterocycles. The minimum absolute atomic E-state index is 0.393. The van der Waals surface area contributed by atoms with Crippen molar-refractivity contribution >= 4 is 0 Å². The van der Waals surface area contributed by atoms with Crippen molar-refractivity contribution in [3.05, 3.63) is 0 Å². The van der Waals surface area contributed by atoms with E-state index in [1.807, 2.05) is 0 Å². The second-order valence-electron chi connectivity index (χ2n) is 4.43. The minimum Gasteiger partial charge on any atom is -0.383 e. The third kappa shape index (κ3) is 6.43. The van der Waals surface area contributed by atoms with E-state index in [9.17, 15) is 0 Å². The van der Waals surface area contributed by atoms with Crippen molar-refractivity contribution in [2.24, 2.45) is 0 Å². The van der Waals surface area contributed by atoms with Crippen LogP contribution in [-0.2, 0) is 9.47 Å². The van der Waals surface area contributed by atoms with E-state index in [1.165, 1.54) is 25.9 Å². The maximum Gasteiger partial charge on any atom is 0.0673 e. The molecule has 4 nitrogen and oxygen atoms in total. The van der Waals surface area contributed by atoms with E-state index in [-0.39, 0.29) is 0 Å². The van der Waals surface area contributed by atoms with Gasteiger partial charge in [-0.2, -0.15) is 0 Å². The summed E-state index contributed by atoms with van der Waals surface area (Å²) in [5, 5.41) is 3.37. The van der Waals surface area contributed by atoms with Crippen LogP contribution in [0.15, 0.2) is 0 Å². The summed E-state index contributed by atoms with van der Waals surface area (Å²) in [6, 6.07) is 0. The zero-order valence-electron chi connectivity index (χ0n) is 10.7. The van der Waals surface area contributed by atoms with Gasteiger partial charge in [0.05, 0.1) is 12.7 Å². The average molecular weight is 230 g/mol. The van der Waals surface area contributed by atoms with Crippen LogP contribution < -0.4 is 5.32 Å². The Morgan fingerprint density at radius 3 is 3.12 bits per heavy atom. The van der Waals surface area contributed by atoms with Gasteiger partial charge < -0.3 is 19.7 Å². The Labute approximate surface area is 99.3 Å². The molecular weight excluding hydrogens is 204 g/mol. The quantitative estimate of drug-likeness (QED) is 0.654. The molecule has 1 atom stereocenters. The molecular formula is C12H26N2O2. The fraction of sp³-hybridized carbons (Fsp3) is 1.00. The van der Waals surface area contributed by atoms with Crippen LogP contribution in [0, 0.1) is 0 Å². The third-order valence-corrected chi connectivity index (χ3v) is 2.85. The lowest BCUT2D eigenvalue weighted by atomic mass is 10.3. The molecule has 1 heterocycles. The van der Waals surface area contributed by atoms with Gasteiger partial charge in [0.25, 0.3) is 0 Å². The number of hydrogen-bond acceptors (Lipinski definition) is 4. The SMILES string of the molecule is COCCNCCCN1CCCOC(C)C1. The Hall–Kier alpha value is -0.160. The van der Waals surface area contributed by atoms with E-state index >= 15 is 0 Å². The van der Waals surface area contributed by atoms with Gasteiger partial charge in [0.1, 0.15) is 0 Å². The number of ether oxygens (including phenoxy) is 2. The molecule has 0 aromatic heterocycles. The summed E-state index contributed by atoms with van der Waals surface area (Å²) in [6.07, 6.45) is 2.77. The third-order valence-electron chi connectivity index (χ3n) is 2.85. The van der Waals surface area contributed by atoms with Gasteiger partial charge in [-0.15, -0.1) is 0 Å². The number of nitrogens with one attached hydrogen (secondary N) is 1. The van der Waals surface area contributed by atoms with Gasteiger partial charge in [-0.1, -0.05) is 0 Å². The van der Waals surface area contributed by atoms with Crippen molar-refractivity contribution < 1.29 is 9.47 Å². The van der Waals surface area contributed by atoms with Crippen LogP contribution in [0.4, 0.5) is 0 Å². The molecule has 0 aromatic rings. The first kappa shape index (κ1) is 13.9. The Balaban J connectivity index is 1.98. The normalized spacial score (nSPS) is 23.2. The number of hydrogen-bond donors (Lipinski definition) is 1. The van der Waals surface area contributed by atoms with Gasteiger partial charge in [-0.25, -0.2) is 0 Å². The lowest BCUT2D eigenvalue weighted by Crippen LogP contribution is -2.33.